The zero-order valence-electron chi connectivity index (χ0n) is 11.3. The third-order valence-electron chi connectivity index (χ3n) is 3.13. The largest absolute Gasteiger partial charge is 0.325 e. The number of amides is 1. The highest BCUT2D eigenvalue weighted by atomic mass is 35.5. The topological polar surface area (TPSA) is 85.8 Å². The van der Waals surface area contributed by atoms with E-state index in [1.54, 1.807) is 31.3 Å². The SMILES string of the molecule is Cc1c(Cl)cccc1NC(=O)C(C)n1nncc1CN. The summed E-state index contributed by atoms with van der Waals surface area (Å²) in [6, 6.07) is 4.86. The van der Waals surface area contributed by atoms with Crippen molar-refractivity contribution >= 4 is 23.2 Å². The lowest BCUT2D eigenvalue weighted by atomic mass is 10.2. The molecule has 106 valence electrons. The average Bonchev–Trinajstić information content (AvgIpc) is 2.91. The first-order valence-corrected chi connectivity index (χ1v) is 6.57. The maximum absolute atomic E-state index is 12.3. The summed E-state index contributed by atoms with van der Waals surface area (Å²) in [4.78, 5) is 12.3. The Labute approximate surface area is 121 Å². The van der Waals surface area contributed by atoms with Crippen molar-refractivity contribution < 1.29 is 4.79 Å². The van der Waals surface area contributed by atoms with Crippen molar-refractivity contribution in [3.8, 4) is 0 Å². The van der Waals surface area contributed by atoms with Gasteiger partial charge in [0.1, 0.15) is 6.04 Å². The molecule has 2 rings (SSSR count). The zero-order valence-corrected chi connectivity index (χ0v) is 12.1. The number of aromatic nitrogens is 3. The van der Waals surface area contributed by atoms with Gasteiger partial charge in [-0.2, -0.15) is 0 Å². The van der Waals surface area contributed by atoms with Crippen LogP contribution in [-0.4, -0.2) is 20.9 Å². The summed E-state index contributed by atoms with van der Waals surface area (Å²) in [7, 11) is 0. The number of carbonyl (C=O) groups is 1. The number of hydrogen-bond donors (Lipinski definition) is 2. The summed E-state index contributed by atoms with van der Waals surface area (Å²) in [6.45, 7) is 3.87. The van der Waals surface area contributed by atoms with E-state index in [0.717, 1.165) is 5.56 Å². The molecule has 3 N–H and O–H groups in total. The number of carbonyl (C=O) groups excluding carboxylic acids is 1. The van der Waals surface area contributed by atoms with E-state index in [9.17, 15) is 4.79 Å². The molecule has 0 aliphatic heterocycles. The number of rotatable bonds is 4. The Morgan fingerprint density at radius 3 is 3.00 bits per heavy atom. The van der Waals surface area contributed by atoms with Crippen LogP contribution in [0.5, 0.6) is 0 Å². The van der Waals surface area contributed by atoms with Gasteiger partial charge in [0.15, 0.2) is 0 Å². The van der Waals surface area contributed by atoms with Gasteiger partial charge in [-0.15, -0.1) is 5.10 Å². The van der Waals surface area contributed by atoms with Gasteiger partial charge in [0.05, 0.1) is 11.9 Å². The Morgan fingerprint density at radius 2 is 2.30 bits per heavy atom. The number of nitrogens with two attached hydrogens (primary N) is 1. The van der Waals surface area contributed by atoms with Crippen LogP contribution in [0.1, 0.15) is 24.2 Å². The smallest absolute Gasteiger partial charge is 0.249 e. The van der Waals surface area contributed by atoms with Crippen molar-refractivity contribution in [2.24, 2.45) is 5.73 Å². The molecule has 6 nitrogen and oxygen atoms in total. The highest BCUT2D eigenvalue weighted by Gasteiger charge is 2.19. The molecule has 0 saturated heterocycles. The number of hydrogen-bond acceptors (Lipinski definition) is 4. The van der Waals surface area contributed by atoms with Crippen LogP contribution in [0.4, 0.5) is 5.69 Å². The molecule has 1 heterocycles. The van der Waals surface area contributed by atoms with Crippen molar-refractivity contribution in [3.05, 3.63) is 40.7 Å². The number of anilines is 1. The Kier molecular flexibility index (Phi) is 4.36. The number of benzene rings is 1. The van der Waals surface area contributed by atoms with E-state index in [-0.39, 0.29) is 12.5 Å². The zero-order chi connectivity index (χ0) is 14.7. The second-order valence-corrected chi connectivity index (χ2v) is 4.86. The first-order valence-electron chi connectivity index (χ1n) is 6.19. The molecule has 0 radical (unpaired) electrons. The van der Waals surface area contributed by atoms with E-state index in [1.807, 2.05) is 6.92 Å². The molecular weight excluding hydrogens is 278 g/mol. The lowest BCUT2D eigenvalue weighted by molar-refractivity contribution is -0.119. The van der Waals surface area contributed by atoms with E-state index in [2.05, 4.69) is 15.6 Å². The van der Waals surface area contributed by atoms with Gasteiger partial charge in [0, 0.05) is 17.3 Å². The molecule has 0 bridgehead atoms. The van der Waals surface area contributed by atoms with Gasteiger partial charge in [-0.3, -0.25) is 4.79 Å². The molecular formula is C13H16ClN5O. The number of nitrogens with zero attached hydrogens (tertiary/aromatic N) is 3. The standard InChI is InChI=1S/C13H16ClN5O/c1-8-11(14)4-3-5-12(8)17-13(20)9(2)19-10(6-15)7-16-18-19/h3-5,7,9H,6,15H2,1-2H3,(H,17,20). The first kappa shape index (κ1) is 14.5. The van der Waals surface area contributed by atoms with Crippen LogP contribution in [0.25, 0.3) is 0 Å². The van der Waals surface area contributed by atoms with Gasteiger partial charge >= 0.3 is 0 Å². The monoisotopic (exact) mass is 293 g/mol. The van der Waals surface area contributed by atoms with Crippen LogP contribution in [0.15, 0.2) is 24.4 Å². The van der Waals surface area contributed by atoms with Gasteiger partial charge in [-0.05, 0) is 31.5 Å². The van der Waals surface area contributed by atoms with Gasteiger partial charge in [-0.25, -0.2) is 4.68 Å². The summed E-state index contributed by atoms with van der Waals surface area (Å²) < 4.78 is 1.51. The molecule has 0 saturated carbocycles. The summed E-state index contributed by atoms with van der Waals surface area (Å²) in [6.07, 6.45) is 1.55. The van der Waals surface area contributed by atoms with Crippen molar-refractivity contribution in [2.45, 2.75) is 26.4 Å². The van der Waals surface area contributed by atoms with E-state index in [0.29, 0.717) is 16.4 Å². The van der Waals surface area contributed by atoms with E-state index in [4.69, 9.17) is 17.3 Å². The molecule has 0 aliphatic carbocycles. The van der Waals surface area contributed by atoms with Crippen LogP contribution in [0, 0.1) is 6.92 Å². The molecule has 7 heteroatoms. The van der Waals surface area contributed by atoms with E-state index in [1.165, 1.54) is 4.68 Å². The van der Waals surface area contributed by atoms with Crippen molar-refractivity contribution in [3.63, 3.8) is 0 Å². The van der Waals surface area contributed by atoms with Crippen molar-refractivity contribution in [1.29, 1.82) is 0 Å². The third kappa shape index (κ3) is 2.81. The highest BCUT2D eigenvalue weighted by molar-refractivity contribution is 6.31. The molecule has 1 aromatic carbocycles. The Morgan fingerprint density at radius 1 is 1.55 bits per heavy atom. The minimum Gasteiger partial charge on any atom is -0.325 e. The van der Waals surface area contributed by atoms with E-state index < -0.39 is 6.04 Å². The lowest BCUT2D eigenvalue weighted by Gasteiger charge is -2.15. The molecule has 1 amide bonds. The first-order chi connectivity index (χ1) is 9.54. The third-order valence-corrected chi connectivity index (χ3v) is 3.54. The highest BCUT2D eigenvalue weighted by Crippen LogP contribution is 2.23. The number of halogens is 1. The minimum absolute atomic E-state index is 0.199. The number of nitrogens with one attached hydrogen (secondary N) is 1. The predicted octanol–water partition coefficient (Wildman–Crippen LogP) is 1.90. The second-order valence-electron chi connectivity index (χ2n) is 4.45. The fraction of sp³-hybridized carbons (Fsp3) is 0.308. The van der Waals surface area contributed by atoms with Gasteiger partial charge in [0.25, 0.3) is 0 Å². The fourth-order valence-corrected chi connectivity index (χ4v) is 2.00. The molecule has 0 spiro atoms. The van der Waals surface area contributed by atoms with Crippen LogP contribution in [-0.2, 0) is 11.3 Å². The van der Waals surface area contributed by atoms with Crippen LogP contribution < -0.4 is 11.1 Å². The molecule has 0 fully saturated rings. The van der Waals surface area contributed by atoms with Gasteiger partial charge < -0.3 is 11.1 Å². The summed E-state index contributed by atoms with van der Waals surface area (Å²) in [5.74, 6) is -0.199. The molecule has 1 aromatic heterocycles. The Hall–Kier alpha value is -1.92. The maximum atomic E-state index is 12.3. The van der Waals surface area contributed by atoms with Crippen molar-refractivity contribution in [2.75, 3.05) is 5.32 Å². The summed E-state index contributed by atoms with van der Waals surface area (Å²) in [5, 5.41) is 11.1. The second kappa shape index (κ2) is 6.02. The van der Waals surface area contributed by atoms with Crippen LogP contribution >= 0.6 is 11.6 Å². The van der Waals surface area contributed by atoms with Crippen molar-refractivity contribution in [1.82, 2.24) is 15.0 Å². The van der Waals surface area contributed by atoms with Gasteiger partial charge in [0.2, 0.25) is 5.91 Å². The fourth-order valence-electron chi connectivity index (χ4n) is 1.83. The predicted molar refractivity (Wildman–Crippen MR) is 77.4 cm³/mol. The Bertz CT molecular complexity index is 625. The van der Waals surface area contributed by atoms with Gasteiger partial charge in [-0.1, -0.05) is 22.9 Å². The summed E-state index contributed by atoms with van der Waals surface area (Å²) in [5.41, 5.74) is 7.79. The quantitative estimate of drug-likeness (QED) is 0.901. The molecule has 1 atom stereocenters. The molecule has 2 aromatic rings. The normalized spacial score (nSPS) is 12.2. The summed E-state index contributed by atoms with van der Waals surface area (Å²) >= 11 is 6.03. The average molecular weight is 294 g/mol. The van der Waals surface area contributed by atoms with Crippen LogP contribution in [0.3, 0.4) is 0 Å². The minimum atomic E-state index is -0.505. The molecule has 0 aliphatic rings. The van der Waals surface area contributed by atoms with E-state index >= 15 is 0 Å². The Balaban J connectivity index is 2.18. The molecule has 1 unspecified atom stereocenters. The lowest BCUT2D eigenvalue weighted by Crippen LogP contribution is -2.26. The van der Waals surface area contributed by atoms with Crippen LogP contribution in [0.2, 0.25) is 5.02 Å². The maximum Gasteiger partial charge on any atom is 0.249 e. The molecule has 20 heavy (non-hydrogen) atoms.